The average molecular weight is 288 g/mol. The quantitative estimate of drug-likeness (QED) is 0.625. The zero-order chi connectivity index (χ0) is 14.4. The van der Waals surface area contributed by atoms with Gasteiger partial charge in [-0.05, 0) is 20.8 Å². The zero-order valence-corrected chi connectivity index (χ0v) is 11.7. The summed E-state index contributed by atoms with van der Waals surface area (Å²) in [6, 6.07) is 1.42. The number of fused-ring (bicyclic) bond motifs is 2. The van der Waals surface area contributed by atoms with Gasteiger partial charge in [0.15, 0.2) is 11.5 Å². The van der Waals surface area contributed by atoms with E-state index in [0.29, 0.717) is 23.5 Å². The van der Waals surface area contributed by atoms with E-state index >= 15 is 0 Å². The number of hydrogen-bond donors (Lipinski definition) is 2. The minimum atomic E-state index is -4.12. The van der Waals surface area contributed by atoms with Crippen LogP contribution in [0.1, 0.15) is 19.4 Å². The Morgan fingerprint density at radius 3 is 2.63 bits per heavy atom. The zero-order valence-electron chi connectivity index (χ0n) is 10.9. The van der Waals surface area contributed by atoms with Crippen LogP contribution < -0.4 is 19.0 Å². The third-order valence-electron chi connectivity index (χ3n) is 2.96. The maximum absolute atomic E-state index is 11.5. The second kappa shape index (κ2) is 4.46. The van der Waals surface area contributed by atoms with Crippen LogP contribution in [0, 0.1) is 6.92 Å². The van der Waals surface area contributed by atoms with Gasteiger partial charge in [0, 0.05) is 23.9 Å². The van der Waals surface area contributed by atoms with E-state index in [0.717, 1.165) is 0 Å². The van der Waals surface area contributed by atoms with Crippen molar-refractivity contribution in [1.82, 2.24) is 0 Å². The predicted molar refractivity (Wildman–Crippen MR) is 70.5 cm³/mol. The largest absolute Gasteiger partial charge is 0.501 e. The third-order valence-corrected chi connectivity index (χ3v) is 3.72. The first-order valence-corrected chi connectivity index (χ1v) is 7.11. The van der Waals surface area contributed by atoms with E-state index in [1.807, 2.05) is 6.92 Å². The van der Waals surface area contributed by atoms with Crippen LogP contribution in [0.15, 0.2) is 6.07 Å². The number of nitrogens with two attached hydrogens (primary N) is 1. The fraction of sp³-hybridized carbons (Fsp3) is 0.455. The molecule has 0 saturated heterocycles. The van der Waals surface area contributed by atoms with Crippen molar-refractivity contribution in [3.05, 3.63) is 11.6 Å². The van der Waals surface area contributed by atoms with Crippen molar-refractivity contribution in [3.63, 3.8) is 0 Å². The summed E-state index contributed by atoms with van der Waals surface area (Å²) in [5, 5.41) is 9.76. The van der Waals surface area contributed by atoms with Gasteiger partial charge in [-0.25, -0.2) is 0 Å². The Kier molecular flexibility index (Phi) is 3.23. The number of nitrogens with zero attached hydrogens (tertiary/aromatic N) is 1. The Labute approximate surface area is 111 Å². The maximum Gasteiger partial charge on any atom is 0.501 e. The van der Waals surface area contributed by atoms with Gasteiger partial charge >= 0.3 is 10.4 Å². The highest BCUT2D eigenvalue weighted by atomic mass is 32.3. The van der Waals surface area contributed by atoms with Crippen molar-refractivity contribution >= 4 is 21.8 Å². The van der Waals surface area contributed by atoms with Crippen LogP contribution in [0.25, 0.3) is 0 Å². The molecule has 3 N–H and O–H groups in total. The molecule has 0 fully saturated rings. The van der Waals surface area contributed by atoms with Gasteiger partial charge in [-0.1, -0.05) is 0 Å². The third kappa shape index (κ3) is 2.28. The molecule has 7 nitrogen and oxygen atoms in total. The molecule has 1 aromatic rings. The summed E-state index contributed by atoms with van der Waals surface area (Å²) >= 11 is 0. The first-order chi connectivity index (χ1) is 8.76. The molecular weight excluding hydrogens is 272 g/mol. The minimum absolute atomic E-state index is 0.0621. The van der Waals surface area contributed by atoms with Gasteiger partial charge in [0.05, 0.1) is 0 Å². The van der Waals surface area contributed by atoms with Gasteiger partial charge < -0.3 is 24.1 Å². The molecular formula is C11H16N2O5S. The van der Waals surface area contributed by atoms with E-state index in [4.69, 9.17) is 14.1 Å². The van der Waals surface area contributed by atoms with Gasteiger partial charge in [-0.3, -0.25) is 0 Å². The summed E-state index contributed by atoms with van der Waals surface area (Å²) in [5.41, 5.74) is 7.01. The molecule has 0 saturated carbocycles. The molecule has 1 aromatic carbocycles. The second-order valence-electron chi connectivity index (χ2n) is 4.26. The summed E-state index contributed by atoms with van der Waals surface area (Å²) in [4.78, 5) is 1.56. The van der Waals surface area contributed by atoms with Gasteiger partial charge in [0.1, 0.15) is 11.9 Å². The highest BCUT2D eigenvalue weighted by Gasteiger charge is 2.34. The highest BCUT2D eigenvalue weighted by Crippen LogP contribution is 2.48. The first kappa shape index (κ1) is 13.8. The molecule has 1 unspecified atom stereocenters. The molecule has 0 aliphatic carbocycles. The summed E-state index contributed by atoms with van der Waals surface area (Å²) in [5.74, 6) is 0.163. The summed E-state index contributed by atoms with van der Waals surface area (Å²) in [7, 11) is -4.12. The van der Waals surface area contributed by atoms with Crippen LogP contribution in [0.5, 0.6) is 11.5 Å². The standard InChI is InChI=1S/C11H16N2O5S/c1-4-13(7(3)14)10-9-5-8(12)6(2)11(10)18-19(15,16)17-9/h5,7,14H,4,12H2,1-3H3. The Morgan fingerprint density at radius 2 is 2.11 bits per heavy atom. The number of hydrogen-bond acceptors (Lipinski definition) is 7. The molecule has 1 heterocycles. The van der Waals surface area contributed by atoms with E-state index in [-0.39, 0.29) is 11.5 Å². The number of anilines is 2. The molecule has 19 heavy (non-hydrogen) atoms. The number of nitrogen functional groups attached to an aromatic ring is 1. The maximum atomic E-state index is 11.5. The van der Waals surface area contributed by atoms with E-state index in [1.54, 1.807) is 18.7 Å². The van der Waals surface area contributed by atoms with Gasteiger partial charge in [-0.2, -0.15) is 0 Å². The van der Waals surface area contributed by atoms with Crippen molar-refractivity contribution in [3.8, 4) is 11.5 Å². The van der Waals surface area contributed by atoms with Crippen molar-refractivity contribution in [1.29, 1.82) is 0 Å². The lowest BCUT2D eigenvalue weighted by atomic mass is 10.1. The van der Waals surface area contributed by atoms with Crippen LogP contribution in [0.4, 0.5) is 11.4 Å². The van der Waals surface area contributed by atoms with Crippen molar-refractivity contribution in [2.75, 3.05) is 17.2 Å². The fourth-order valence-electron chi connectivity index (χ4n) is 2.01. The van der Waals surface area contributed by atoms with Crippen molar-refractivity contribution in [2.45, 2.75) is 27.0 Å². The van der Waals surface area contributed by atoms with Crippen LogP contribution in [-0.2, 0) is 10.4 Å². The molecule has 0 radical (unpaired) electrons. The van der Waals surface area contributed by atoms with Gasteiger partial charge in [-0.15, -0.1) is 8.42 Å². The van der Waals surface area contributed by atoms with Gasteiger partial charge in [0.25, 0.3) is 0 Å². The predicted octanol–water partition coefficient (Wildman–Crippen LogP) is 0.758. The molecule has 1 atom stereocenters. The van der Waals surface area contributed by atoms with E-state index in [1.165, 1.54) is 6.07 Å². The van der Waals surface area contributed by atoms with Crippen molar-refractivity contribution < 1.29 is 21.9 Å². The average Bonchev–Trinajstić information content (AvgIpc) is 2.28. The van der Waals surface area contributed by atoms with Crippen molar-refractivity contribution in [2.24, 2.45) is 0 Å². The molecule has 8 heteroatoms. The van der Waals surface area contributed by atoms with E-state index < -0.39 is 16.6 Å². The SMILES string of the molecule is CCN(c1c2cc(N)c(C)c1OS(=O)(=O)O2)C(C)O. The summed E-state index contributed by atoms with van der Waals surface area (Å²) < 4.78 is 32.6. The van der Waals surface area contributed by atoms with Crippen LogP contribution in [0.2, 0.25) is 0 Å². The summed E-state index contributed by atoms with van der Waals surface area (Å²) in [6.07, 6.45) is -0.821. The molecule has 2 bridgehead atoms. The molecule has 1 aliphatic heterocycles. The molecule has 106 valence electrons. The number of aliphatic hydroxyl groups is 1. The molecule has 1 aliphatic rings. The Balaban J connectivity index is 2.70. The molecule has 0 amide bonds. The minimum Gasteiger partial charge on any atom is -0.398 e. The number of rotatable bonds is 3. The number of aliphatic hydroxyl groups excluding tert-OH is 1. The lowest BCUT2D eigenvalue weighted by molar-refractivity contribution is 0.188. The summed E-state index contributed by atoms with van der Waals surface area (Å²) in [6.45, 7) is 5.49. The Morgan fingerprint density at radius 1 is 1.47 bits per heavy atom. The topological polar surface area (TPSA) is 102 Å². The van der Waals surface area contributed by atoms with Crippen LogP contribution in [0.3, 0.4) is 0 Å². The lowest BCUT2D eigenvalue weighted by Crippen LogP contribution is -2.35. The monoisotopic (exact) mass is 288 g/mol. The van der Waals surface area contributed by atoms with Crippen LogP contribution >= 0.6 is 0 Å². The van der Waals surface area contributed by atoms with Crippen LogP contribution in [-0.4, -0.2) is 26.3 Å². The second-order valence-corrected chi connectivity index (χ2v) is 5.41. The normalized spacial score (nSPS) is 17.3. The smallest absolute Gasteiger partial charge is 0.398 e. The molecule has 2 rings (SSSR count). The fourth-order valence-corrected chi connectivity index (χ4v) is 2.80. The molecule has 0 spiro atoms. The lowest BCUT2D eigenvalue weighted by Gasteiger charge is -2.32. The van der Waals surface area contributed by atoms with Gasteiger partial charge in [0.2, 0.25) is 0 Å². The molecule has 0 aromatic heterocycles. The Hall–Kier alpha value is -1.67. The van der Waals surface area contributed by atoms with E-state index in [9.17, 15) is 13.5 Å². The first-order valence-electron chi connectivity index (χ1n) is 5.78. The van der Waals surface area contributed by atoms with E-state index in [2.05, 4.69) is 0 Å². The Bertz CT molecular complexity index is 612. The number of benzene rings is 1. The highest BCUT2D eigenvalue weighted by molar-refractivity contribution is 7.82.